The molecule has 88 valence electrons. The summed E-state index contributed by atoms with van der Waals surface area (Å²) in [5, 5.41) is 0. The molecule has 1 aliphatic heterocycles. The van der Waals surface area contributed by atoms with Gasteiger partial charge in [0.05, 0.1) is 0 Å². The van der Waals surface area contributed by atoms with Gasteiger partial charge in [-0.25, -0.2) is 0 Å². The molecule has 2 rings (SSSR count). The predicted octanol–water partition coefficient (Wildman–Crippen LogP) is 2.29. The molecule has 1 aliphatic rings. The number of rotatable bonds is 1. The summed E-state index contributed by atoms with van der Waals surface area (Å²) >= 11 is 0. The molecule has 2 N–H and O–H groups in total. The summed E-state index contributed by atoms with van der Waals surface area (Å²) in [6, 6.07) is 0.793. The van der Waals surface area contributed by atoms with Crippen LogP contribution in [0.5, 0.6) is 11.5 Å². The summed E-state index contributed by atoms with van der Waals surface area (Å²) in [5.74, 6) is 0.760. The SMILES string of the molecule is Cc1cc2c(cc1C(N)C(F)(F)F)OCO2. The van der Waals surface area contributed by atoms with Crippen molar-refractivity contribution in [2.45, 2.75) is 19.1 Å². The van der Waals surface area contributed by atoms with Crippen molar-refractivity contribution in [3.8, 4) is 11.5 Å². The van der Waals surface area contributed by atoms with Crippen LogP contribution in [0.4, 0.5) is 13.2 Å². The zero-order valence-corrected chi connectivity index (χ0v) is 8.47. The first-order valence-electron chi connectivity index (χ1n) is 4.62. The van der Waals surface area contributed by atoms with Crippen LogP contribution < -0.4 is 15.2 Å². The monoisotopic (exact) mass is 233 g/mol. The van der Waals surface area contributed by atoms with Gasteiger partial charge in [-0.05, 0) is 30.2 Å². The molecule has 1 aromatic rings. The molecule has 1 heterocycles. The number of hydrogen-bond acceptors (Lipinski definition) is 3. The second-order valence-electron chi connectivity index (χ2n) is 3.58. The minimum Gasteiger partial charge on any atom is -0.454 e. The highest BCUT2D eigenvalue weighted by molar-refractivity contribution is 5.49. The maximum atomic E-state index is 12.5. The normalized spacial score (nSPS) is 16.3. The number of aryl methyl sites for hydroxylation is 1. The average Bonchev–Trinajstić information content (AvgIpc) is 2.60. The Morgan fingerprint density at radius 3 is 2.38 bits per heavy atom. The molecular weight excluding hydrogens is 223 g/mol. The van der Waals surface area contributed by atoms with Crippen LogP contribution in [0.1, 0.15) is 17.2 Å². The molecule has 0 bridgehead atoms. The van der Waals surface area contributed by atoms with Gasteiger partial charge in [-0.15, -0.1) is 0 Å². The van der Waals surface area contributed by atoms with Crippen LogP contribution in [0, 0.1) is 6.92 Å². The van der Waals surface area contributed by atoms with E-state index >= 15 is 0 Å². The molecule has 1 atom stereocenters. The lowest BCUT2D eigenvalue weighted by Gasteiger charge is -2.18. The molecule has 1 unspecified atom stereocenters. The van der Waals surface area contributed by atoms with Gasteiger partial charge in [0.15, 0.2) is 11.5 Å². The standard InChI is InChI=1S/C10H10F3NO2/c1-5-2-7-8(16-4-15-7)3-6(5)9(14)10(11,12)13/h2-3,9H,4,14H2,1H3. The fourth-order valence-electron chi connectivity index (χ4n) is 1.57. The molecule has 0 saturated carbocycles. The number of fused-ring (bicyclic) bond motifs is 1. The maximum Gasteiger partial charge on any atom is 0.407 e. The summed E-state index contributed by atoms with van der Waals surface area (Å²) in [6.07, 6.45) is -4.46. The third-order valence-corrected chi connectivity index (χ3v) is 2.45. The molecule has 0 amide bonds. The van der Waals surface area contributed by atoms with Crippen LogP contribution in [-0.2, 0) is 0 Å². The molecule has 1 aromatic carbocycles. The van der Waals surface area contributed by atoms with Crippen molar-refractivity contribution in [1.29, 1.82) is 0 Å². The second-order valence-corrected chi connectivity index (χ2v) is 3.58. The van der Waals surface area contributed by atoms with Gasteiger partial charge < -0.3 is 15.2 Å². The van der Waals surface area contributed by atoms with Crippen LogP contribution in [0.3, 0.4) is 0 Å². The van der Waals surface area contributed by atoms with Crippen LogP contribution in [-0.4, -0.2) is 13.0 Å². The molecule has 0 fully saturated rings. The zero-order chi connectivity index (χ0) is 11.9. The Bertz CT molecular complexity index is 417. The summed E-state index contributed by atoms with van der Waals surface area (Å²) in [4.78, 5) is 0. The summed E-state index contributed by atoms with van der Waals surface area (Å²) in [6.45, 7) is 1.59. The lowest BCUT2D eigenvalue weighted by atomic mass is 10.0. The van der Waals surface area contributed by atoms with E-state index < -0.39 is 12.2 Å². The minimum absolute atomic E-state index is 0.0109. The van der Waals surface area contributed by atoms with E-state index in [0.717, 1.165) is 0 Å². The average molecular weight is 233 g/mol. The van der Waals surface area contributed by atoms with Gasteiger partial charge in [0.25, 0.3) is 0 Å². The Hall–Kier alpha value is -1.43. The van der Waals surface area contributed by atoms with E-state index in [1.165, 1.54) is 12.1 Å². The van der Waals surface area contributed by atoms with Gasteiger partial charge >= 0.3 is 6.18 Å². The fourth-order valence-corrected chi connectivity index (χ4v) is 1.57. The number of halogens is 3. The van der Waals surface area contributed by atoms with Crippen molar-refractivity contribution in [2.24, 2.45) is 5.73 Å². The van der Waals surface area contributed by atoms with E-state index in [2.05, 4.69) is 0 Å². The third-order valence-electron chi connectivity index (χ3n) is 2.45. The van der Waals surface area contributed by atoms with Crippen molar-refractivity contribution >= 4 is 0 Å². The maximum absolute atomic E-state index is 12.5. The van der Waals surface area contributed by atoms with E-state index in [-0.39, 0.29) is 12.4 Å². The first-order valence-corrected chi connectivity index (χ1v) is 4.62. The molecule has 0 aliphatic carbocycles. The van der Waals surface area contributed by atoms with E-state index in [9.17, 15) is 13.2 Å². The molecule has 0 aromatic heterocycles. The Balaban J connectivity index is 2.42. The van der Waals surface area contributed by atoms with Crippen LogP contribution in [0.2, 0.25) is 0 Å². The van der Waals surface area contributed by atoms with Crippen LogP contribution in [0.25, 0.3) is 0 Å². The highest BCUT2D eigenvalue weighted by Crippen LogP contribution is 2.39. The van der Waals surface area contributed by atoms with Crippen molar-refractivity contribution in [2.75, 3.05) is 6.79 Å². The van der Waals surface area contributed by atoms with Crippen molar-refractivity contribution in [3.05, 3.63) is 23.3 Å². The smallest absolute Gasteiger partial charge is 0.407 e. The first kappa shape index (κ1) is 11.1. The lowest BCUT2D eigenvalue weighted by Crippen LogP contribution is -2.29. The topological polar surface area (TPSA) is 44.5 Å². The van der Waals surface area contributed by atoms with Crippen LogP contribution >= 0.6 is 0 Å². The highest BCUT2D eigenvalue weighted by Gasteiger charge is 2.39. The Morgan fingerprint density at radius 1 is 1.25 bits per heavy atom. The molecule has 16 heavy (non-hydrogen) atoms. The first-order chi connectivity index (χ1) is 7.39. The number of hydrogen-bond donors (Lipinski definition) is 1. The Morgan fingerprint density at radius 2 is 1.81 bits per heavy atom. The van der Waals surface area contributed by atoms with E-state index in [1.54, 1.807) is 6.92 Å². The largest absolute Gasteiger partial charge is 0.454 e. The summed E-state index contributed by atoms with van der Waals surface area (Å²) in [5.41, 5.74) is 5.60. The van der Waals surface area contributed by atoms with Gasteiger partial charge in [-0.3, -0.25) is 0 Å². The highest BCUT2D eigenvalue weighted by atomic mass is 19.4. The van der Waals surface area contributed by atoms with Gasteiger partial charge in [0.2, 0.25) is 6.79 Å². The second kappa shape index (κ2) is 3.55. The molecule has 3 nitrogen and oxygen atoms in total. The molecule has 6 heteroatoms. The number of alkyl halides is 3. The van der Waals surface area contributed by atoms with E-state index in [1.807, 2.05) is 0 Å². The lowest BCUT2D eigenvalue weighted by molar-refractivity contribution is -0.149. The summed E-state index contributed by atoms with van der Waals surface area (Å²) < 4.78 is 47.5. The third kappa shape index (κ3) is 1.80. The van der Waals surface area contributed by atoms with Gasteiger partial charge in [-0.2, -0.15) is 13.2 Å². The summed E-state index contributed by atoms with van der Waals surface area (Å²) in [7, 11) is 0. The van der Waals surface area contributed by atoms with E-state index in [0.29, 0.717) is 17.1 Å². The number of benzene rings is 1. The van der Waals surface area contributed by atoms with Crippen molar-refractivity contribution < 1.29 is 22.6 Å². The van der Waals surface area contributed by atoms with Gasteiger partial charge in [0.1, 0.15) is 6.04 Å². The van der Waals surface area contributed by atoms with Crippen molar-refractivity contribution in [1.82, 2.24) is 0 Å². The van der Waals surface area contributed by atoms with E-state index in [4.69, 9.17) is 15.2 Å². The molecule has 0 spiro atoms. The zero-order valence-electron chi connectivity index (χ0n) is 8.47. The predicted molar refractivity (Wildman–Crippen MR) is 50.3 cm³/mol. The quantitative estimate of drug-likeness (QED) is 0.809. The van der Waals surface area contributed by atoms with Crippen molar-refractivity contribution in [3.63, 3.8) is 0 Å². The van der Waals surface area contributed by atoms with Crippen LogP contribution in [0.15, 0.2) is 12.1 Å². The molecule has 0 saturated heterocycles. The minimum atomic E-state index is -4.46. The number of nitrogens with two attached hydrogens (primary N) is 1. The Labute approximate surface area is 89.9 Å². The van der Waals surface area contributed by atoms with Gasteiger partial charge in [0, 0.05) is 0 Å². The van der Waals surface area contributed by atoms with Gasteiger partial charge in [-0.1, -0.05) is 0 Å². The fraction of sp³-hybridized carbons (Fsp3) is 0.400. The Kier molecular flexibility index (Phi) is 2.46. The molecule has 0 radical (unpaired) electrons. The number of ether oxygens (including phenoxy) is 2. The molecular formula is C10H10F3NO2.